The summed E-state index contributed by atoms with van der Waals surface area (Å²) in [5.41, 5.74) is -0.406. The standard InChI is InChI=1S/C46H40Cl4N6O12S/c1-3-67-45(61)43(59)53-21-17-51(18-22-53)37(57)15-7-27-5-13-35(41(55(63)64)39(27)31-11-9-29(47)25-33(31)49)69-36-14-6-28(40(42(36)56(65)66)32-12-10-30(48)26-34(32)50)8-16-38(58)52-19-23-54(24-20-52)44(60)46(62)68-4-2/h5-16,25-26H,3-4,17-24H2,1-2H3/b15-7+,16-8+. The summed E-state index contributed by atoms with van der Waals surface area (Å²) in [7, 11) is 0. The van der Waals surface area contributed by atoms with Crippen molar-refractivity contribution in [1.82, 2.24) is 19.6 Å². The SMILES string of the molecule is CCOC(=O)C(=O)N1CCN(C(=O)/C=C/c2ccc(Sc3ccc(/C=C/C(=O)N4CCN(C(=O)C(=O)OCC)CC4)c(-c4ccc(Cl)cc4Cl)c3[N+](=O)[O-])c([N+](=O)[O-])c2-c2ccc(Cl)cc2Cl)CC1. The van der Waals surface area contributed by atoms with Gasteiger partial charge in [0.2, 0.25) is 11.8 Å². The lowest BCUT2D eigenvalue weighted by Crippen LogP contribution is -2.52. The molecule has 2 fully saturated rings. The van der Waals surface area contributed by atoms with Crippen LogP contribution in [-0.2, 0) is 38.2 Å². The number of halogens is 4. The fraction of sp³-hybridized carbons (Fsp3) is 0.261. The zero-order valence-corrected chi connectivity index (χ0v) is 40.5. The average Bonchev–Trinajstić information content (AvgIpc) is 3.32. The number of nitro benzene ring substituents is 2. The van der Waals surface area contributed by atoms with E-state index in [0.29, 0.717) is 11.8 Å². The van der Waals surface area contributed by atoms with Crippen LogP contribution >= 0.6 is 58.2 Å². The molecule has 360 valence electrons. The summed E-state index contributed by atoms with van der Waals surface area (Å²) in [6.07, 6.45) is 5.15. The number of hydrogen-bond donors (Lipinski definition) is 0. The van der Waals surface area contributed by atoms with Crippen LogP contribution in [0.1, 0.15) is 25.0 Å². The molecule has 4 aromatic carbocycles. The minimum absolute atomic E-state index is 0.0273. The number of esters is 2. The van der Waals surface area contributed by atoms with Crippen LogP contribution < -0.4 is 0 Å². The number of piperazine rings is 2. The number of ether oxygens (including phenoxy) is 2. The van der Waals surface area contributed by atoms with Crippen LogP contribution in [0.25, 0.3) is 34.4 Å². The van der Waals surface area contributed by atoms with Crippen molar-refractivity contribution in [3.63, 3.8) is 0 Å². The Morgan fingerprint density at radius 3 is 1.23 bits per heavy atom. The van der Waals surface area contributed by atoms with Gasteiger partial charge in [-0.3, -0.25) is 39.4 Å². The van der Waals surface area contributed by atoms with Gasteiger partial charge in [-0.15, -0.1) is 0 Å². The molecule has 6 rings (SSSR count). The monoisotopic (exact) mass is 1040 g/mol. The number of benzene rings is 4. The summed E-state index contributed by atoms with van der Waals surface area (Å²) in [6.45, 7) is 3.83. The lowest BCUT2D eigenvalue weighted by molar-refractivity contribution is -0.387. The first-order valence-electron chi connectivity index (χ1n) is 21.0. The molecule has 0 spiro atoms. The minimum atomic E-state index is -0.994. The highest BCUT2D eigenvalue weighted by Crippen LogP contribution is 2.50. The number of rotatable bonds is 12. The first-order valence-corrected chi connectivity index (χ1v) is 23.3. The van der Waals surface area contributed by atoms with Gasteiger partial charge in [0.1, 0.15) is 0 Å². The van der Waals surface area contributed by atoms with Crippen LogP contribution in [0.4, 0.5) is 11.4 Å². The molecule has 2 aliphatic rings. The van der Waals surface area contributed by atoms with Crippen molar-refractivity contribution >= 4 is 117 Å². The third-order valence-electron chi connectivity index (χ3n) is 10.8. The summed E-state index contributed by atoms with van der Waals surface area (Å²) < 4.78 is 9.59. The molecule has 0 saturated carbocycles. The molecule has 4 aromatic rings. The summed E-state index contributed by atoms with van der Waals surface area (Å²) in [6, 6.07) is 14.4. The molecular formula is C46H40Cl4N6O12S. The highest BCUT2D eigenvalue weighted by atomic mass is 35.5. The summed E-state index contributed by atoms with van der Waals surface area (Å²) in [4.78, 5) is 106. The number of amides is 4. The smallest absolute Gasteiger partial charge is 0.397 e. The van der Waals surface area contributed by atoms with E-state index in [1.165, 1.54) is 105 Å². The lowest BCUT2D eigenvalue weighted by Gasteiger charge is -2.33. The second-order valence-electron chi connectivity index (χ2n) is 15.0. The Morgan fingerprint density at radius 1 is 0.565 bits per heavy atom. The van der Waals surface area contributed by atoms with Gasteiger partial charge in [0.15, 0.2) is 0 Å². The molecule has 0 aliphatic carbocycles. The van der Waals surface area contributed by atoms with E-state index in [2.05, 4.69) is 0 Å². The zero-order valence-electron chi connectivity index (χ0n) is 36.7. The van der Waals surface area contributed by atoms with Gasteiger partial charge in [-0.1, -0.05) is 82.4 Å². The Morgan fingerprint density at radius 2 is 0.913 bits per heavy atom. The van der Waals surface area contributed by atoms with Gasteiger partial charge in [0.05, 0.1) is 54.0 Å². The first kappa shape index (κ1) is 51.9. The molecule has 0 unspecified atom stereocenters. The topological polar surface area (TPSA) is 220 Å². The van der Waals surface area contributed by atoms with E-state index >= 15 is 0 Å². The summed E-state index contributed by atoms with van der Waals surface area (Å²) in [5, 5.41) is 27.0. The summed E-state index contributed by atoms with van der Waals surface area (Å²) in [5.74, 6) is -4.60. The first-order chi connectivity index (χ1) is 32.9. The van der Waals surface area contributed by atoms with Gasteiger partial charge in [-0.05, 0) is 73.5 Å². The average molecular weight is 1040 g/mol. The van der Waals surface area contributed by atoms with Crippen molar-refractivity contribution in [2.75, 3.05) is 65.6 Å². The van der Waals surface area contributed by atoms with E-state index in [1.807, 2.05) is 0 Å². The second-order valence-corrected chi connectivity index (χ2v) is 17.7. The molecule has 2 aliphatic heterocycles. The molecule has 2 saturated heterocycles. The largest absolute Gasteiger partial charge is 0.459 e. The predicted molar refractivity (Wildman–Crippen MR) is 259 cm³/mol. The highest BCUT2D eigenvalue weighted by Gasteiger charge is 2.33. The van der Waals surface area contributed by atoms with Gasteiger partial charge in [-0.2, -0.15) is 0 Å². The maximum absolute atomic E-state index is 13.5. The highest BCUT2D eigenvalue weighted by molar-refractivity contribution is 7.99. The van der Waals surface area contributed by atoms with E-state index in [4.69, 9.17) is 55.9 Å². The molecule has 69 heavy (non-hydrogen) atoms. The van der Waals surface area contributed by atoms with Gasteiger partial charge < -0.3 is 29.1 Å². The number of nitrogens with zero attached hydrogens (tertiary/aromatic N) is 6. The summed E-state index contributed by atoms with van der Waals surface area (Å²) >= 11 is 26.5. The van der Waals surface area contributed by atoms with Crippen molar-refractivity contribution < 1.29 is 48.1 Å². The van der Waals surface area contributed by atoms with Crippen molar-refractivity contribution in [2.24, 2.45) is 0 Å². The third kappa shape index (κ3) is 12.2. The van der Waals surface area contributed by atoms with Crippen molar-refractivity contribution in [3.8, 4) is 22.3 Å². The second kappa shape index (κ2) is 23.2. The van der Waals surface area contributed by atoms with Crippen LogP contribution in [0.3, 0.4) is 0 Å². The molecule has 2 heterocycles. The number of carbonyl (C=O) groups excluding carboxylic acids is 6. The van der Waals surface area contributed by atoms with Crippen LogP contribution in [0.15, 0.2) is 82.6 Å². The lowest BCUT2D eigenvalue weighted by atomic mass is 9.97. The molecule has 0 N–H and O–H groups in total. The Hall–Kier alpha value is -6.51. The maximum Gasteiger partial charge on any atom is 0.397 e. The van der Waals surface area contributed by atoms with Crippen LogP contribution in [-0.4, -0.2) is 131 Å². The van der Waals surface area contributed by atoms with Gasteiger partial charge in [0.25, 0.3) is 11.4 Å². The maximum atomic E-state index is 13.5. The number of hydrogen-bond acceptors (Lipinski definition) is 13. The van der Waals surface area contributed by atoms with Crippen LogP contribution in [0.2, 0.25) is 20.1 Å². The third-order valence-corrected chi connectivity index (χ3v) is 13.0. The fourth-order valence-corrected chi connectivity index (χ4v) is 9.55. The zero-order chi connectivity index (χ0) is 50.1. The van der Waals surface area contributed by atoms with Crippen LogP contribution in [0, 0.1) is 20.2 Å². The fourth-order valence-electron chi connectivity index (χ4n) is 7.49. The Labute approximate surface area is 418 Å². The number of nitro groups is 2. The van der Waals surface area contributed by atoms with Gasteiger partial charge in [-0.25, -0.2) is 9.59 Å². The molecule has 0 bridgehead atoms. The Balaban J connectivity index is 1.37. The van der Waals surface area contributed by atoms with Crippen molar-refractivity contribution in [3.05, 3.63) is 124 Å². The van der Waals surface area contributed by atoms with Gasteiger partial charge >= 0.3 is 23.8 Å². The molecule has 18 nitrogen and oxygen atoms in total. The molecule has 0 atom stereocenters. The van der Waals surface area contributed by atoms with Crippen molar-refractivity contribution in [1.29, 1.82) is 0 Å². The predicted octanol–water partition coefficient (Wildman–Crippen LogP) is 8.10. The molecular weight excluding hydrogens is 1000 g/mol. The molecule has 4 amide bonds. The minimum Gasteiger partial charge on any atom is -0.459 e. The molecule has 0 aromatic heterocycles. The van der Waals surface area contributed by atoms with Gasteiger partial charge in [0, 0.05) is 85.7 Å². The number of carbonyl (C=O) groups is 6. The van der Waals surface area contributed by atoms with E-state index in [0.717, 1.165) is 0 Å². The Bertz CT molecular complexity index is 2620. The normalized spacial score (nSPS) is 14.0. The van der Waals surface area contributed by atoms with E-state index < -0.39 is 56.8 Å². The molecule has 23 heteroatoms. The van der Waals surface area contributed by atoms with Crippen molar-refractivity contribution in [2.45, 2.75) is 23.6 Å². The van der Waals surface area contributed by atoms with E-state index in [-0.39, 0.29) is 129 Å². The van der Waals surface area contributed by atoms with E-state index in [9.17, 15) is 49.0 Å². The Kier molecular flexibility index (Phi) is 17.4. The van der Waals surface area contributed by atoms with E-state index in [1.54, 1.807) is 13.8 Å². The molecule has 0 radical (unpaired) electrons. The quantitative estimate of drug-likeness (QED) is 0.0431. The van der Waals surface area contributed by atoms with Crippen LogP contribution in [0.5, 0.6) is 0 Å².